The molecule has 2 aromatic rings. The van der Waals surface area contributed by atoms with E-state index in [1.807, 2.05) is 12.1 Å². The van der Waals surface area contributed by atoms with Crippen molar-refractivity contribution in [3.05, 3.63) is 70.7 Å². The van der Waals surface area contributed by atoms with Gasteiger partial charge in [0, 0.05) is 24.2 Å². The molecular formula is C27H35ClN2O. The van der Waals surface area contributed by atoms with Gasteiger partial charge in [0.15, 0.2) is 0 Å². The van der Waals surface area contributed by atoms with Gasteiger partial charge < -0.3 is 10.2 Å². The average Bonchev–Trinajstić information content (AvgIpc) is 2.80. The van der Waals surface area contributed by atoms with Crippen molar-refractivity contribution >= 4 is 17.5 Å². The topological polar surface area (TPSA) is 32.3 Å². The Balaban J connectivity index is 1.41. The Kier molecular flexibility index (Phi) is 7.68. The number of likely N-dealkylation sites (tertiary alicyclic amines) is 1. The van der Waals surface area contributed by atoms with E-state index in [2.05, 4.69) is 59.6 Å². The first-order chi connectivity index (χ1) is 15.1. The third kappa shape index (κ3) is 6.11. The van der Waals surface area contributed by atoms with Crippen molar-refractivity contribution in [3.63, 3.8) is 0 Å². The van der Waals surface area contributed by atoms with Crippen LogP contribution in [0.4, 0.5) is 0 Å². The van der Waals surface area contributed by atoms with E-state index in [4.69, 9.17) is 11.6 Å². The van der Waals surface area contributed by atoms with Crippen molar-refractivity contribution in [1.29, 1.82) is 0 Å². The van der Waals surface area contributed by atoms with E-state index in [9.17, 15) is 4.79 Å². The van der Waals surface area contributed by atoms with Crippen molar-refractivity contribution in [3.8, 4) is 0 Å². The molecule has 0 radical (unpaired) electrons. The van der Waals surface area contributed by atoms with Gasteiger partial charge in [0.1, 0.15) is 0 Å². The van der Waals surface area contributed by atoms with Crippen LogP contribution in [0, 0.1) is 5.92 Å². The highest BCUT2D eigenvalue weighted by Gasteiger charge is 2.31. The van der Waals surface area contributed by atoms with E-state index in [1.54, 1.807) is 0 Å². The molecule has 2 aromatic carbocycles. The standard InChI is InChI=1S/C27H35ClN2O/c1-20-6-5-17-30(19-20)27(31)26(18-21-9-13-24(28)14-10-21)29-25-15-11-23(12-16-25)22-7-3-2-4-8-22/h2-4,7-10,13-14,20,23,25-26,29H,5-6,11-12,15-19H2,1H3/t20?,23?,25?,26-/m1/s1. The van der Waals surface area contributed by atoms with Gasteiger partial charge in [-0.15, -0.1) is 0 Å². The SMILES string of the molecule is CC1CCCN(C(=O)[C@@H](Cc2ccc(Cl)cc2)NC2CCC(c3ccccc3)CC2)C1. The van der Waals surface area contributed by atoms with Crippen LogP contribution >= 0.6 is 11.6 Å². The molecule has 1 saturated carbocycles. The molecule has 1 saturated heterocycles. The summed E-state index contributed by atoms with van der Waals surface area (Å²) in [6.45, 7) is 4.03. The van der Waals surface area contributed by atoms with Crippen LogP contribution < -0.4 is 5.32 Å². The normalized spacial score (nSPS) is 25.2. The number of piperidine rings is 1. The summed E-state index contributed by atoms with van der Waals surface area (Å²) in [7, 11) is 0. The van der Waals surface area contributed by atoms with Crippen molar-refractivity contribution in [2.45, 2.75) is 69.9 Å². The number of halogens is 1. The summed E-state index contributed by atoms with van der Waals surface area (Å²) in [4.78, 5) is 15.6. The number of amides is 1. The Morgan fingerprint density at radius 2 is 1.74 bits per heavy atom. The molecule has 166 valence electrons. The lowest BCUT2D eigenvalue weighted by atomic mass is 9.81. The van der Waals surface area contributed by atoms with E-state index < -0.39 is 0 Å². The zero-order chi connectivity index (χ0) is 21.6. The second-order valence-electron chi connectivity index (χ2n) is 9.54. The smallest absolute Gasteiger partial charge is 0.240 e. The first-order valence-electron chi connectivity index (χ1n) is 11.9. The lowest BCUT2D eigenvalue weighted by Crippen LogP contribution is -2.53. The van der Waals surface area contributed by atoms with Gasteiger partial charge in [-0.3, -0.25) is 4.79 Å². The Labute approximate surface area is 192 Å². The molecule has 1 amide bonds. The van der Waals surface area contributed by atoms with Crippen LogP contribution in [0.15, 0.2) is 54.6 Å². The van der Waals surface area contributed by atoms with Crippen LogP contribution in [0.5, 0.6) is 0 Å². The van der Waals surface area contributed by atoms with Gasteiger partial charge in [-0.2, -0.15) is 0 Å². The summed E-state index contributed by atoms with van der Waals surface area (Å²) in [6, 6.07) is 19.1. The number of carbonyl (C=O) groups excluding carboxylic acids is 1. The maximum absolute atomic E-state index is 13.5. The van der Waals surface area contributed by atoms with E-state index >= 15 is 0 Å². The second kappa shape index (κ2) is 10.7. The minimum Gasteiger partial charge on any atom is -0.341 e. The molecule has 0 bridgehead atoms. The summed E-state index contributed by atoms with van der Waals surface area (Å²) in [5.41, 5.74) is 2.62. The zero-order valence-corrected chi connectivity index (χ0v) is 19.4. The number of benzene rings is 2. The van der Waals surface area contributed by atoms with Gasteiger partial charge in [-0.05, 0) is 80.0 Å². The molecule has 31 heavy (non-hydrogen) atoms. The van der Waals surface area contributed by atoms with Crippen LogP contribution in [0.25, 0.3) is 0 Å². The summed E-state index contributed by atoms with van der Waals surface area (Å²) in [5.74, 6) is 1.51. The molecule has 2 atom stereocenters. The van der Waals surface area contributed by atoms with E-state index in [0.29, 0.717) is 17.9 Å². The van der Waals surface area contributed by atoms with E-state index in [0.717, 1.165) is 43.8 Å². The summed E-state index contributed by atoms with van der Waals surface area (Å²) in [6.07, 6.45) is 7.68. The molecule has 2 aliphatic rings. The van der Waals surface area contributed by atoms with Gasteiger partial charge in [0.2, 0.25) is 5.91 Å². The first-order valence-corrected chi connectivity index (χ1v) is 12.3. The van der Waals surface area contributed by atoms with Crippen molar-refractivity contribution < 1.29 is 4.79 Å². The predicted molar refractivity (Wildman–Crippen MR) is 128 cm³/mol. The summed E-state index contributed by atoms with van der Waals surface area (Å²) < 4.78 is 0. The number of nitrogens with zero attached hydrogens (tertiary/aromatic N) is 1. The van der Waals surface area contributed by atoms with Crippen molar-refractivity contribution in [2.24, 2.45) is 5.92 Å². The predicted octanol–water partition coefficient (Wildman–Crippen LogP) is 5.83. The average molecular weight is 439 g/mol. The summed E-state index contributed by atoms with van der Waals surface area (Å²) >= 11 is 6.08. The van der Waals surface area contributed by atoms with Gasteiger partial charge in [-0.1, -0.05) is 61.0 Å². The van der Waals surface area contributed by atoms with Gasteiger partial charge in [0.25, 0.3) is 0 Å². The van der Waals surface area contributed by atoms with Crippen molar-refractivity contribution in [2.75, 3.05) is 13.1 Å². The molecule has 1 N–H and O–H groups in total. The Bertz CT molecular complexity index is 830. The second-order valence-corrected chi connectivity index (χ2v) is 9.98. The number of carbonyl (C=O) groups is 1. The molecule has 0 aromatic heterocycles. The minimum atomic E-state index is -0.162. The third-order valence-corrected chi connectivity index (χ3v) is 7.31. The molecule has 1 aliphatic carbocycles. The number of hydrogen-bond donors (Lipinski definition) is 1. The highest BCUT2D eigenvalue weighted by atomic mass is 35.5. The fraction of sp³-hybridized carbons (Fsp3) is 0.519. The van der Waals surface area contributed by atoms with Gasteiger partial charge >= 0.3 is 0 Å². The van der Waals surface area contributed by atoms with Gasteiger partial charge in [-0.25, -0.2) is 0 Å². The maximum Gasteiger partial charge on any atom is 0.240 e. The lowest BCUT2D eigenvalue weighted by Gasteiger charge is -2.36. The monoisotopic (exact) mass is 438 g/mol. The van der Waals surface area contributed by atoms with Gasteiger partial charge in [0.05, 0.1) is 6.04 Å². The highest BCUT2D eigenvalue weighted by molar-refractivity contribution is 6.30. The molecule has 4 rings (SSSR count). The van der Waals surface area contributed by atoms with Crippen LogP contribution in [-0.2, 0) is 11.2 Å². The Hall–Kier alpha value is -1.84. The van der Waals surface area contributed by atoms with Crippen LogP contribution in [-0.4, -0.2) is 36.0 Å². The van der Waals surface area contributed by atoms with Crippen LogP contribution in [0.2, 0.25) is 5.02 Å². The van der Waals surface area contributed by atoms with Crippen LogP contribution in [0.3, 0.4) is 0 Å². The Morgan fingerprint density at radius 3 is 2.42 bits per heavy atom. The largest absolute Gasteiger partial charge is 0.341 e. The fourth-order valence-corrected chi connectivity index (χ4v) is 5.41. The molecule has 1 aliphatic heterocycles. The highest BCUT2D eigenvalue weighted by Crippen LogP contribution is 2.33. The Morgan fingerprint density at radius 1 is 1.03 bits per heavy atom. The minimum absolute atomic E-state index is 0.162. The van der Waals surface area contributed by atoms with E-state index in [-0.39, 0.29) is 11.9 Å². The van der Waals surface area contributed by atoms with Crippen molar-refractivity contribution in [1.82, 2.24) is 10.2 Å². The molecule has 2 fully saturated rings. The van der Waals surface area contributed by atoms with E-state index in [1.165, 1.54) is 30.4 Å². The molecule has 1 unspecified atom stereocenters. The molecule has 4 heteroatoms. The lowest BCUT2D eigenvalue weighted by molar-refractivity contribution is -0.135. The molecular weight excluding hydrogens is 404 g/mol. The molecule has 1 heterocycles. The quantitative estimate of drug-likeness (QED) is 0.615. The molecule has 0 spiro atoms. The zero-order valence-electron chi connectivity index (χ0n) is 18.6. The number of hydrogen-bond acceptors (Lipinski definition) is 2. The maximum atomic E-state index is 13.5. The first kappa shape index (κ1) is 22.4. The fourth-order valence-electron chi connectivity index (χ4n) is 5.29. The molecule has 3 nitrogen and oxygen atoms in total. The number of rotatable bonds is 6. The number of nitrogens with one attached hydrogen (secondary N) is 1. The van der Waals surface area contributed by atoms with Crippen LogP contribution in [0.1, 0.15) is 62.5 Å². The summed E-state index contributed by atoms with van der Waals surface area (Å²) in [5, 5.41) is 4.52. The third-order valence-electron chi connectivity index (χ3n) is 7.05.